The number of esters is 1. The summed E-state index contributed by atoms with van der Waals surface area (Å²) in [4.78, 5) is 51.4. The van der Waals surface area contributed by atoms with Gasteiger partial charge in [-0.15, -0.1) is 0 Å². The van der Waals surface area contributed by atoms with Gasteiger partial charge in [0.05, 0.1) is 24.8 Å². The van der Waals surface area contributed by atoms with Crippen LogP contribution in [0.25, 0.3) is 0 Å². The van der Waals surface area contributed by atoms with Gasteiger partial charge in [-0.05, 0) is 56.7 Å². The normalized spacial score (nSPS) is 14.4. The minimum absolute atomic E-state index is 0.0605. The van der Waals surface area contributed by atoms with Crippen molar-refractivity contribution in [2.75, 3.05) is 20.3 Å². The second-order valence-electron chi connectivity index (χ2n) is 7.30. The quantitative estimate of drug-likeness (QED) is 0.496. The van der Waals surface area contributed by atoms with Crippen molar-refractivity contribution in [3.05, 3.63) is 59.7 Å². The highest BCUT2D eigenvalue weighted by Gasteiger charge is 2.41. The van der Waals surface area contributed by atoms with E-state index in [9.17, 15) is 19.2 Å². The number of fused-ring (bicyclic) bond motifs is 1. The summed E-state index contributed by atoms with van der Waals surface area (Å²) in [6.45, 7) is 3.09. The minimum atomic E-state index is -1.53. The van der Waals surface area contributed by atoms with Crippen LogP contribution in [-0.2, 0) is 9.53 Å². The van der Waals surface area contributed by atoms with Crippen molar-refractivity contribution in [2.24, 2.45) is 0 Å². The van der Waals surface area contributed by atoms with Crippen LogP contribution in [0.2, 0.25) is 0 Å². The van der Waals surface area contributed by atoms with Crippen LogP contribution in [-0.4, -0.2) is 54.6 Å². The zero-order chi connectivity index (χ0) is 23.3. The molecular formula is C23H24N2O7. The molecule has 0 saturated carbocycles. The molecule has 9 nitrogen and oxygen atoms in total. The fourth-order valence-electron chi connectivity index (χ4n) is 3.29. The van der Waals surface area contributed by atoms with Crippen LogP contribution in [0.15, 0.2) is 48.5 Å². The maximum atomic E-state index is 12.6. The van der Waals surface area contributed by atoms with E-state index >= 15 is 0 Å². The van der Waals surface area contributed by atoms with E-state index in [1.807, 2.05) is 0 Å². The average Bonchev–Trinajstić information content (AvgIpc) is 3.03. The second kappa shape index (κ2) is 9.51. The Morgan fingerprint density at radius 3 is 2.06 bits per heavy atom. The van der Waals surface area contributed by atoms with Gasteiger partial charge in [0.25, 0.3) is 11.8 Å². The fraction of sp³-hybridized carbons (Fsp3) is 0.304. The van der Waals surface area contributed by atoms with Crippen LogP contribution in [0.5, 0.6) is 11.5 Å². The van der Waals surface area contributed by atoms with Crippen LogP contribution in [0.1, 0.15) is 41.0 Å². The second-order valence-corrected chi connectivity index (χ2v) is 7.30. The first-order valence-corrected chi connectivity index (χ1v) is 10.1. The van der Waals surface area contributed by atoms with Crippen LogP contribution < -0.4 is 14.8 Å². The van der Waals surface area contributed by atoms with E-state index in [-0.39, 0.29) is 25.3 Å². The number of benzene rings is 2. The van der Waals surface area contributed by atoms with Crippen molar-refractivity contribution in [3.8, 4) is 11.5 Å². The Morgan fingerprint density at radius 1 is 0.969 bits per heavy atom. The molecule has 0 bridgehead atoms. The third kappa shape index (κ3) is 4.72. The van der Waals surface area contributed by atoms with Crippen LogP contribution in [0.4, 0.5) is 4.79 Å². The Kier molecular flexibility index (Phi) is 6.77. The van der Waals surface area contributed by atoms with Gasteiger partial charge in [0.15, 0.2) is 0 Å². The van der Waals surface area contributed by atoms with Crippen LogP contribution in [0, 0.1) is 0 Å². The SMILES string of the molecule is CCOC(=O)[C@](C)(CCN1C(=O)c2ccccc2C1=O)NC(=O)Oc1ccc(OC)cc1. The van der Waals surface area contributed by atoms with Gasteiger partial charge in [-0.1, -0.05) is 12.1 Å². The number of rotatable bonds is 8. The van der Waals surface area contributed by atoms with Gasteiger partial charge >= 0.3 is 12.1 Å². The molecule has 1 aliphatic rings. The monoisotopic (exact) mass is 440 g/mol. The van der Waals surface area contributed by atoms with Crippen molar-refractivity contribution in [1.82, 2.24) is 10.2 Å². The molecule has 2 aromatic carbocycles. The molecule has 0 aliphatic carbocycles. The average molecular weight is 440 g/mol. The van der Waals surface area contributed by atoms with Gasteiger partial charge in [0.1, 0.15) is 17.0 Å². The summed E-state index contributed by atoms with van der Waals surface area (Å²) in [7, 11) is 1.52. The number of nitrogens with one attached hydrogen (secondary N) is 1. The van der Waals surface area contributed by atoms with Crippen LogP contribution in [0.3, 0.4) is 0 Å². The van der Waals surface area contributed by atoms with Crippen molar-refractivity contribution >= 4 is 23.9 Å². The summed E-state index contributed by atoms with van der Waals surface area (Å²) in [5.41, 5.74) is -0.918. The number of hydrogen-bond donors (Lipinski definition) is 1. The first kappa shape index (κ1) is 22.8. The highest BCUT2D eigenvalue weighted by Crippen LogP contribution is 2.25. The molecule has 0 fully saturated rings. The van der Waals surface area contributed by atoms with Crippen molar-refractivity contribution in [1.29, 1.82) is 0 Å². The molecule has 1 aliphatic heterocycles. The number of nitrogens with zero attached hydrogens (tertiary/aromatic N) is 1. The van der Waals surface area contributed by atoms with E-state index < -0.39 is 29.4 Å². The molecule has 168 valence electrons. The van der Waals surface area contributed by atoms with E-state index in [1.54, 1.807) is 55.5 Å². The smallest absolute Gasteiger partial charge is 0.413 e. The predicted molar refractivity (Wildman–Crippen MR) is 114 cm³/mol. The Morgan fingerprint density at radius 2 is 1.53 bits per heavy atom. The lowest BCUT2D eigenvalue weighted by Gasteiger charge is -2.29. The molecule has 0 aromatic heterocycles. The first-order chi connectivity index (χ1) is 15.3. The molecule has 0 radical (unpaired) electrons. The molecular weight excluding hydrogens is 416 g/mol. The molecule has 32 heavy (non-hydrogen) atoms. The molecule has 1 atom stereocenters. The molecule has 9 heteroatoms. The Hall–Kier alpha value is -3.88. The topological polar surface area (TPSA) is 111 Å². The standard InChI is InChI=1S/C23H24N2O7/c1-4-31-21(28)23(2,24-22(29)32-16-11-9-15(30-3)10-12-16)13-14-25-19(26)17-7-5-6-8-18(17)20(25)27/h5-12H,4,13-14H2,1-3H3,(H,24,29)/t23-/m0/s1. The zero-order valence-corrected chi connectivity index (χ0v) is 18.0. The van der Waals surface area contributed by atoms with Gasteiger partial charge in [0.2, 0.25) is 0 Å². The summed E-state index contributed by atoms with van der Waals surface area (Å²) < 4.78 is 15.4. The Balaban J connectivity index is 1.71. The number of carbonyl (C=O) groups excluding carboxylic acids is 4. The number of imide groups is 1. The molecule has 3 amide bonds. The highest BCUT2D eigenvalue weighted by molar-refractivity contribution is 6.21. The summed E-state index contributed by atoms with van der Waals surface area (Å²) in [5, 5.41) is 2.51. The van der Waals surface area contributed by atoms with E-state index in [0.29, 0.717) is 16.9 Å². The number of carbonyl (C=O) groups is 4. The summed E-state index contributed by atoms with van der Waals surface area (Å²) >= 11 is 0. The third-order valence-electron chi connectivity index (χ3n) is 5.09. The van der Waals surface area contributed by atoms with E-state index in [1.165, 1.54) is 14.0 Å². The van der Waals surface area contributed by atoms with E-state index in [2.05, 4.69) is 5.32 Å². The maximum Gasteiger partial charge on any atom is 0.413 e. The van der Waals surface area contributed by atoms with E-state index in [0.717, 1.165) is 4.90 Å². The molecule has 3 rings (SSSR count). The fourth-order valence-corrected chi connectivity index (χ4v) is 3.29. The molecule has 0 unspecified atom stereocenters. The van der Waals surface area contributed by atoms with Crippen molar-refractivity contribution in [2.45, 2.75) is 25.8 Å². The van der Waals surface area contributed by atoms with E-state index in [4.69, 9.17) is 14.2 Å². The third-order valence-corrected chi connectivity index (χ3v) is 5.09. The van der Waals surface area contributed by atoms with Gasteiger partial charge in [0, 0.05) is 6.54 Å². The lowest BCUT2D eigenvalue weighted by molar-refractivity contribution is -0.150. The lowest BCUT2D eigenvalue weighted by Crippen LogP contribution is -2.55. The number of methoxy groups -OCH3 is 1. The first-order valence-electron chi connectivity index (χ1n) is 10.1. The molecule has 2 aromatic rings. The largest absolute Gasteiger partial charge is 0.497 e. The lowest BCUT2D eigenvalue weighted by atomic mass is 9.97. The molecule has 1 N–H and O–H groups in total. The molecule has 0 spiro atoms. The number of amides is 3. The van der Waals surface area contributed by atoms with Gasteiger partial charge in [-0.25, -0.2) is 9.59 Å². The van der Waals surface area contributed by atoms with Gasteiger partial charge in [-0.2, -0.15) is 0 Å². The predicted octanol–water partition coefficient (Wildman–Crippen LogP) is 2.79. The Labute approximate surface area is 185 Å². The van der Waals surface area contributed by atoms with Crippen LogP contribution >= 0.6 is 0 Å². The zero-order valence-electron chi connectivity index (χ0n) is 18.0. The van der Waals surface area contributed by atoms with Gasteiger partial charge in [-0.3, -0.25) is 14.5 Å². The molecule has 1 heterocycles. The van der Waals surface area contributed by atoms with Crippen molar-refractivity contribution < 1.29 is 33.4 Å². The minimum Gasteiger partial charge on any atom is -0.497 e. The summed E-state index contributed by atoms with van der Waals surface area (Å²) in [5.74, 6) is -0.761. The summed E-state index contributed by atoms with van der Waals surface area (Å²) in [6, 6.07) is 12.8. The Bertz CT molecular complexity index is 1000. The van der Waals surface area contributed by atoms with Crippen molar-refractivity contribution in [3.63, 3.8) is 0 Å². The molecule has 0 saturated heterocycles. The highest BCUT2D eigenvalue weighted by atomic mass is 16.6. The summed E-state index contributed by atoms with van der Waals surface area (Å²) in [6.07, 6.45) is -0.942. The van der Waals surface area contributed by atoms with Gasteiger partial charge < -0.3 is 19.5 Å². The maximum absolute atomic E-state index is 12.6. The number of hydrogen-bond acceptors (Lipinski definition) is 7. The number of ether oxygens (including phenoxy) is 3.